The fourth-order valence-electron chi connectivity index (χ4n) is 3.25. The average molecular weight is 504 g/mol. The Morgan fingerprint density at radius 1 is 1.12 bits per heavy atom. The van der Waals surface area contributed by atoms with Crippen LogP contribution in [0.5, 0.6) is 0 Å². The summed E-state index contributed by atoms with van der Waals surface area (Å²) < 4.78 is 6.24. The van der Waals surface area contributed by atoms with Crippen molar-refractivity contribution < 1.29 is 19.1 Å². The van der Waals surface area contributed by atoms with Crippen molar-refractivity contribution in [2.45, 2.75) is 6.54 Å². The van der Waals surface area contributed by atoms with E-state index in [0.29, 0.717) is 33.5 Å². The topological polar surface area (TPSA) is 96.8 Å². The highest BCUT2D eigenvalue weighted by Crippen LogP contribution is 2.26. The van der Waals surface area contributed by atoms with Crippen LogP contribution in [-0.2, 0) is 18.3 Å². The molecular weight excluding hydrogens is 481 g/mol. The van der Waals surface area contributed by atoms with Gasteiger partial charge in [-0.25, -0.2) is 9.59 Å². The fourth-order valence-corrected chi connectivity index (χ4v) is 3.57. The molecule has 0 aliphatic heterocycles. The summed E-state index contributed by atoms with van der Waals surface area (Å²) in [4.78, 5) is 43.7. The van der Waals surface area contributed by atoms with Crippen LogP contribution in [0.3, 0.4) is 0 Å². The molecule has 0 aliphatic rings. The predicted octanol–water partition coefficient (Wildman–Crippen LogP) is 4.76. The Hall–Kier alpha value is -3.56. The van der Waals surface area contributed by atoms with Gasteiger partial charge in [0.15, 0.2) is 12.1 Å². The molecule has 0 unspecified atom stereocenters. The summed E-state index contributed by atoms with van der Waals surface area (Å²) in [6.07, 6.45) is 0.636. The number of halogens is 2. The van der Waals surface area contributed by atoms with E-state index in [2.05, 4.69) is 10.3 Å². The highest BCUT2D eigenvalue weighted by atomic mass is 35.5. The first kappa shape index (κ1) is 25.1. The first-order valence-corrected chi connectivity index (χ1v) is 10.8. The number of carbonyl (C=O) groups excluding carboxylic acids is 3. The Labute approximate surface area is 206 Å². The summed E-state index contributed by atoms with van der Waals surface area (Å²) in [5.41, 5.74) is 2.05. The van der Waals surface area contributed by atoms with E-state index in [-0.39, 0.29) is 24.1 Å². The van der Waals surface area contributed by atoms with E-state index in [4.69, 9.17) is 27.9 Å². The Kier molecular flexibility index (Phi) is 7.80. The van der Waals surface area contributed by atoms with Gasteiger partial charge < -0.3 is 19.5 Å². The average Bonchev–Trinajstić information content (AvgIpc) is 3.15. The summed E-state index contributed by atoms with van der Waals surface area (Å²) in [6, 6.07) is 11.3. The van der Waals surface area contributed by atoms with Crippen molar-refractivity contribution in [1.82, 2.24) is 14.5 Å². The molecule has 9 nitrogen and oxygen atoms in total. The quantitative estimate of drug-likeness (QED) is 0.368. The zero-order valence-electron chi connectivity index (χ0n) is 19.0. The van der Waals surface area contributed by atoms with Crippen LogP contribution in [0.4, 0.5) is 22.2 Å². The van der Waals surface area contributed by atoms with Crippen LogP contribution in [-0.4, -0.2) is 53.9 Å². The largest absolute Gasteiger partial charge is 0.465 e. The monoisotopic (exact) mass is 503 g/mol. The van der Waals surface area contributed by atoms with E-state index in [1.807, 2.05) is 0 Å². The number of benzene rings is 2. The Morgan fingerprint density at radius 2 is 1.79 bits per heavy atom. The summed E-state index contributed by atoms with van der Waals surface area (Å²) in [6.45, 7) is 0.279. The minimum absolute atomic E-state index is 0.192. The minimum atomic E-state index is -0.445. The number of imidazole rings is 1. The number of urea groups is 1. The third kappa shape index (κ3) is 5.32. The number of amides is 2. The van der Waals surface area contributed by atoms with Gasteiger partial charge in [0, 0.05) is 33.4 Å². The molecule has 0 spiro atoms. The molecular formula is C23H23Cl2N5O4. The standard InChI is InChI=1S/C23H23Cl2N5O4/c1-28(12-14-5-10-17(24)18(25)11-14)23(33)30(3)20-19(13-31)29(2)22(27-20)26-16-8-6-15(7-9-16)21(32)34-4/h5-11,13H,12H2,1-4H3,(H,26,27). The van der Waals surface area contributed by atoms with Gasteiger partial charge in [-0.2, -0.15) is 4.98 Å². The molecule has 0 atom stereocenters. The summed E-state index contributed by atoms with van der Waals surface area (Å²) in [5.74, 6) is 0.0890. The normalized spacial score (nSPS) is 10.5. The van der Waals surface area contributed by atoms with E-state index in [1.165, 1.54) is 24.0 Å². The number of aldehydes is 1. The van der Waals surface area contributed by atoms with Gasteiger partial charge in [-0.3, -0.25) is 9.69 Å². The lowest BCUT2D eigenvalue weighted by Gasteiger charge is -2.24. The van der Waals surface area contributed by atoms with Crippen molar-refractivity contribution in [2.24, 2.45) is 7.05 Å². The lowest BCUT2D eigenvalue weighted by atomic mass is 10.2. The number of nitrogens with zero attached hydrogens (tertiary/aromatic N) is 4. The van der Waals surface area contributed by atoms with Crippen molar-refractivity contribution in [3.63, 3.8) is 0 Å². The van der Waals surface area contributed by atoms with Crippen molar-refractivity contribution in [2.75, 3.05) is 31.4 Å². The summed E-state index contributed by atoms with van der Waals surface area (Å²) in [5, 5.41) is 3.92. The minimum Gasteiger partial charge on any atom is -0.465 e. The molecule has 0 bridgehead atoms. The molecule has 11 heteroatoms. The third-order valence-electron chi connectivity index (χ3n) is 5.13. The van der Waals surface area contributed by atoms with Gasteiger partial charge in [-0.05, 0) is 42.0 Å². The molecule has 0 radical (unpaired) electrons. The smallest absolute Gasteiger partial charge is 0.337 e. The van der Waals surface area contributed by atoms with Crippen LogP contribution in [0.1, 0.15) is 26.4 Å². The zero-order chi connectivity index (χ0) is 25.0. The lowest BCUT2D eigenvalue weighted by molar-refractivity contribution is 0.0600. The molecule has 0 saturated carbocycles. The molecule has 1 N–H and O–H groups in total. The maximum absolute atomic E-state index is 13.0. The first-order chi connectivity index (χ1) is 16.2. The van der Waals surface area contributed by atoms with Crippen molar-refractivity contribution >= 4 is 58.9 Å². The van der Waals surface area contributed by atoms with Crippen molar-refractivity contribution in [3.05, 3.63) is 69.3 Å². The Bertz CT molecular complexity index is 1230. The van der Waals surface area contributed by atoms with Gasteiger partial charge in [-0.15, -0.1) is 0 Å². The highest BCUT2D eigenvalue weighted by Gasteiger charge is 2.24. The van der Waals surface area contributed by atoms with Crippen LogP contribution < -0.4 is 10.2 Å². The fraction of sp³-hybridized carbons (Fsp3) is 0.217. The van der Waals surface area contributed by atoms with E-state index < -0.39 is 5.97 Å². The van der Waals surface area contributed by atoms with Gasteiger partial charge in [0.25, 0.3) is 0 Å². The molecule has 3 rings (SSSR count). The molecule has 178 valence electrons. The van der Waals surface area contributed by atoms with Crippen LogP contribution >= 0.6 is 23.2 Å². The maximum atomic E-state index is 13.0. The number of methoxy groups -OCH3 is 1. The molecule has 3 aromatic rings. The van der Waals surface area contributed by atoms with Gasteiger partial charge in [-0.1, -0.05) is 29.3 Å². The second-order valence-corrected chi connectivity index (χ2v) is 8.28. The molecule has 0 aliphatic carbocycles. The number of ether oxygens (including phenoxy) is 1. The lowest BCUT2D eigenvalue weighted by Crippen LogP contribution is -2.39. The van der Waals surface area contributed by atoms with Gasteiger partial charge >= 0.3 is 12.0 Å². The van der Waals surface area contributed by atoms with Crippen LogP contribution in [0, 0.1) is 0 Å². The predicted molar refractivity (Wildman–Crippen MR) is 131 cm³/mol. The number of carbonyl (C=O) groups is 3. The van der Waals surface area contributed by atoms with Crippen LogP contribution in [0.2, 0.25) is 10.0 Å². The van der Waals surface area contributed by atoms with Crippen LogP contribution in [0.25, 0.3) is 0 Å². The van der Waals surface area contributed by atoms with Crippen molar-refractivity contribution in [3.8, 4) is 0 Å². The maximum Gasteiger partial charge on any atom is 0.337 e. The molecule has 0 fully saturated rings. The highest BCUT2D eigenvalue weighted by molar-refractivity contribution is 6.42. The second-order valence-electron chi connectivity index (χ2n) is 7.46. The number of hydrogen-bond acceptors (Lipinski definition) is 6. The van der Waals surface area contributed by atoms with Crippen LogP contribution in [0.15, 0.2) is 42.5 Å². The summed E-state index contributed by atoms with van der Waals surface area (Å²) >= 11 is 12.0. The molecule has 1 aromatic heterocycles. The molecule has 0 saturated heterocycles. The molecule has 34 heavy (non-hydrogen) atoms. The Morgan fingerprint density at radius 3 is 2.38 bits per heavy atom. The zero-order valence-corrected chi connectivity index (χ0v) is 20.5. The number of nitrogens with one attached hydrogen (secondary N) is 1. The third-order valence-corrected chi connectivity index (χ3v) is 5.87. The number of aromatic nitrogens is 2. The second kappa shape index (κ2) is 10.6. The van der Waals surface area contributed by atoms with Gasteiger partial charge in [0.1, 0.15) is 5.69 Å². The molecule has 2 aromatic carbocycles. The van der Waals surface area contributed by atoms with E-state index in [1.54, 1.807) is 61.1 Å². The molecule has 1 heterocycles. The van der Waals surface area contributed by atoms with E-state index in [9.17, 15) is 14.4 Å². The van der Waals surface area contributed by atoms with Crippen molar-refractivity contribution in [1.29, 1.82) is 0 Å². The number of hydrogen-bond donors (Lipinski definition) is 1. The number of anilines is 3. The molecule has 2 amide bonds. The first-order valence-electron chi connectivity index (χ1n) is 10.1. The number of esters is 1. The van der Waals surface area contributed by atoms with E-state index >= 15 is 0 Å². The van der Waals surface area contributed by atoms with E-state index in [0.717, 1.165) is 5.56 Å². The van der Waals surface area contributed by atoms with Gasteiger partial charge in [0.05, 0.1) is 22.7 Å². The SMILES string of the molecule is COC(=O)c1ccc(Nc2nc(N(C)C(=O)N(C)Cc3ccc(Cl)c(Cl)c3)c(C=O)n2C)cc1. The Balaban J connectivity index is 1.79. The number of rotatable bonds is 7. The van der Waals surface area contributed by atoms with Gasteiger partial charge in [0.2, 0.25) is 5.95 Å². The summed E-state index contributed by atoms with van der Waals surface area (Å²) in [7, 11) is 6.14.